The molecular formula is C9H19N2O+. The highest BCUT2D eigenvalue weighted by Crippen LogP contribution is 2.03. The molecular weight excluding hydrogens is 152 g/mol. The topological polar surface area (TPSA) is 26.5 Å². The lowest BCUT2D eigenvalue weighted by Crippen LogP contribution is -2.40. The lowest BCUT2D eigenvalue weighted by Gasteiger charge is -2.21. The summed E-state index contributed by atoms with van der Waals surface area (Å²) in [6.45, 7) is 2.61. The second kappa shape index (κ2) is 4.45. The summed E-state index contributed by atoms with van der Waals surface area (Å²) in [5.41, 5.74) is 0. The zero-order chi connectivity index (χ0) is 8.97. The molecule has 0 bridgehead atoms. The van der Waals surface area contributed by atoms with Crippen LogP contribution in [-0.4, -0.2) is 54.2 Å². The van der Waals surface area contributed by atoms with Gasteiger partial charge in [0.1, 0.15) is 0 Å². The van der Waals surface area contributed by atoms with Gasteiger partial charge in [0.05, 0.1) is 33.6 Å². The summed E-state index contributed by atoms with van der Waals surface area (Å²) in [7, 11) is 4.25. The summed E-state index contributed by atoms with van der Waals surface area (Å²) < 4.78 is 2.29. The fraction of sp³-hybridized carbons (Fsp3) is 0.889. The van der Waals surface area contributed by atoms with E-state index in [-0.39, 0.29) is 0 Å². The smallest absolute Gasteiger partial charge is 0.246 e. The van der Waals surface area contributed by atoms with Crippen LogP contribution in [0.4, 0.5) is 0 Å². The van der Waals surface area contributed by atoms with E-state index in [0.29, 0.717) is 6.61 Å². The molecule has 0 aromatic rings. The van der Waals surface area contributed by atoms with Crippen molar-refractivity contribution in [3.05, 3.63) is 0 Å². The number of aliphatic hydroxyl groups is 1. The number of nitrogens with zero attached hydrogens (tertiary/aromatic N) is 2. The van der Waals surface area contributed by atoms with E-state index in [0.717, 1.165) is 25.9 Å². The van der Waals surface area contributed by atoms with Crippen LogP contribution in [-0.2, 0) is 0 Å². The van der Waals surface area contributed by atoms with Gasteiger partial charge in [-0.3, -0.25) is 9.48 Å². The molecule has 1 rings (SSSR count). The summed E-state index contributed by atoms with van der Waals surface area (Å²) in [5, 5.41) is 8.72. The molecule has 0 saturated carbocycles. The molecule has 0 fully saturated rings. The van der Waals surface area contributed by atoms with Crippen molar-refractivity contribution < 1.29 is 9.68 Å². The van der Waals surface area contributed by atoms with E-state index in [2.05, 4.69) is 23.6 Å². The van der Waals surface area contributed by atoms with Crippen LogP contribution >= 0.6 is 0 Å². The number of hydrogen-bond acceptors (Lipinski definition) is 2. The second-order valence-corrected chi connectivity index (χ2v) is 3.44. The van der Waals surface area contributed by atoms with E-state index >= 15 is 0 Å². The van der Waals surface area contributed by atoms with Gasteiger partial charge in [0.25, 0.3) is 0 Å². The van der Waals surface area contributed by atoms with Crippen molar-refractivity contribution >= 4 is 5.84 Å². The standard InChI is InChI=1S/C9H19N2O/c1-10-6-4-7-11(2)9(10)5-3-8-12/h12H,3-8H2,1-2H3/q+1. The molecule has 3 nitrogen and oxygen atoms in total. The largest absolute Gasteiger partial charge is 0.396 e. The average Bonchev–Trinajstić information content (AvgIpc) is 2.04. The van der Waals surface area contributed by atoms with Crippen LogP contribution in [0.2, 0.25) is 0 Å². The van der Waals surface area contributed by atoms with E-state index in [1.165, 1.54) is 12.3 Å². The minimum absolute atomic E-state index is 0.297. The second-order valence-electron chi connectivity index (χ2n) is 3.44. The molecule has 0 atom stereocenters. The van der Waals surface area contributed by atoms with Gasteiger partial charge < -0.3 is 5.11 Å². The lowest BCUT2D eigenvalue weighted by molar-refractivity contribution is -0.509. The Labute approximate surface area is 74.3 Å². The van der Waals surface area contributed by atoms with Gasteiger partial charge in [0.2, 0.25) is 5.84 Å². The number of amidine groups is 1. The van der Waals surface area contributed by atoms with E-state index in [4.69, 9.17) is 5.11 Å². The van der Waals surface area contributed by atoms with E-state index < -0.39 is 0 Å². The van der Waals surface area contributed by atoms with E-state index in [1.54, 1.807) is 0 Å². The fourth-order valence-electron chi connectivity index (χ4n) is 1.71. The van der Waals surface area contributed by atoms with Gasteiger partial charge in [0.15, 0.2) is 0 Å². The summed E-state index contributed by atoms with van der Waals surface area (Å²) in [6, 6.07) is 0. The van der Waals surface area contributed by atoms with Gasteiger partial charge in [-0.15, -0.1) is 0 Å². The first-order valence-corrected chi connectivity index (χ1v) is 4.64. The lowest BCUT2D eigenvalue weighted by atomic mass is 10.2. The first kappa shape index (κ1) is 9.52. The molecule has 1 N–H and O–H groups in total. The van der Waals surface area contributed by atoms with Crippen molar-refractivity contribution in [1.29, 1.82) is 0 Å². The molecule has 1 heterocycles. The van der Waals surface area contributed by atoms with Crippen molar-refractivity contribution in [1.82, 2.24) is 4.90 Å². The Hall–Kier alpha value is -0.570. The molecule has 12 heavy (non-hydrogen) atoms. The molecule has 0 aromatic heterocycles. The minimum atomic E-state index is 0.297. The third kappa shape index (κ3) is 2.21. The maximum Gasteiger partial charge on any atom is 0.246 e. The molecule has 0 amide bonds. The third-order valence-electron chi connectivity index (χ3n) is 2.43. The molecule has 1 aliphatic heterocycles. The summed E-state index contributed by atoms with van der Waals surface area (Å²) in [4.78, 5) is 2.29. The number of hydrogen-bond donors (Lipinski definition) is 1. The maximum atomic E-state index is 8.72. The van der Waals surface area contributed by atoms with Crippen LogP contribution in [0.3, 0.4) is 0 Å². The van der Waals surface area contributed by atoms with Crippen LogP contribution in [0.1, 0.15) is 19.3 Å². The molecule has 0 aliphatic carbocycles. The number of rotatable bonds is 3. The molecule has 3 heteroatoms. The maximum absolute atomic E-state index is 8.72. The van der Waals surface area contributed by atoms with Crippen molar-refractivity contribution in [2.24, 2.45) is 0 Å². The van der Waals surface area contributed by atoms with E-state index in [9.17, 15) is 0 Å². The van der Waals surface area contributed by atoms with Crippen molar-refractivity contribution in [3.63, 3.8) is 0 Å². The van der Waals surface area contributed by atoms with Gasteiger partial charge in [-0.05, 0) is 6.42 Å². The highest BCUT2D eigenvalue weighted by molar-refractivity contribution is 5.77. The van der Waals surface area contributed by atoms with Crippen LogP contribution in [0.25, 0.3) is 0 Å². The zero-order valence-corrected chi connectivity index (χ0v) is 8.08. The van der Waals surface area contributed by atoms with Crippen LogP contribution in [0, 0.1) is 0 Å². The molecule has 0 aromatic carbocycles. The van der Waals surface area contributed by atoms with E-state index in [1.807, 2.05) is 0 Å². The Morgan fingerprint density at radius 3 is 2.92 bits per heavy atom. The SMILES string of the molecule is CN1CCC[N+](C)=C1CCCO. The summed E-state index contributed by atoms with van der Waals surface area (Å²) >= 11 is 0. The first-order valence-electron chi connectivity index (χ1n) is 4.64. The van der Waals surface area contributed by atoms with Gasteiger partial charge in [-0.25, -0.2) is 0 Å². The predicted octanol–water partition coefficient (Wildman–Crippen LogP) is 0.135. The van der Waals surface area contributed by atoms with Crippen molar-refractivity contribution in [3.8, 4) is 0 Å². The monoisotopic (exact) mass is 171 g/mol. The molecule has 0 spiro atoms. The quantitative estimate of drug-likeness (QED) is 0.611. The van der Waals surface area contributed by atoms with Crippen molar-refractivity contribution in [2.75, 3.05) is 33.8 Å². The molecule has 0 unspecified atom stereocenters. The van der Waals surface area contributed by atoms with Gasteiger partial charge in [0, 0.05) is 13.0 Å². The van der Waals surface area contributed by atoms with Crippen LogP contribution in [0.15, 0.2) is 0 Å². The van der Waals surface area contributed by atoms with Gasteiger partial charge >= 0.3 is 0 Å². The average molecular weight is 171 g/mol. The Balaban J connectivity index is 2.55. The van der Waals surface area contributed by atoms with Gasteiger partial charge in [-0.2, -0.15) is 0 Å². The van der Waals surface area contributed by atoms with Gasteiger partial charge in [-0.1, -0.05) is 0 Å². The number of aliphatic hydroxyl groups excluding tert-OH is 1. The summed E-state index contributed by atoms with van der Waals surface area (Å²) in [6.07, 6.45) is 3.13. The van der Waals surface area contributed by atoms with Crippen LogP contribution < -0.4 is 0 Å². The Kier molecular flexibility index (Phi) is 3.53. The molecule has 1 aliphatic rings. The Morgan fingerprint density at radius 1 is 1.58 bits per heavy atom. The predicted molar refractivity (Wildman–Crippen MR) is 49.6 cm³/mol. The Bertz CT molecular complexity index is 177. The highest BCUT2D eigenvalue weighted by atomic mass is 16.2. The Morgan fingerprint density at radius 2 is 2.33 bits per heavy atom. The fourth-order valence-corrected chi connectivity index (χ4v) is 1.71. The normalized spacial score (nSPS) is 18.8. The molecule has 0 radical (unpaired) electrons. The highest BCUT2D eigenvalue weighted by Gasteiger charge is 2.20. The first-order chi connectivity index (χ1) is 5.75. The molecule has 0 saturated heterocycles. The van der Waals surface area contributed by atoms with Crippen LogP contribution in [0.5, 0.6) is 0 Å². The van der Waals surface area contributed by atoms with Crippen molar-refractivity contribution in [2.45, 2.75) is 19.3 Å². The third-order valence-corrected chi connectivity index (χ3v) is 2.43. The summed E-state index contributed by atoms with van der Waals surface area (Å²) in [5.74, 6) is 1.37. The minimum Gasteiger partial charge on any atom is -0.396 e. The zero-order valence-electron chi connectivity index (χ0n) is 8.08. The molecule has 70 valence electrons.